The number of ether oxygens (including phenoxy) is 3. The largest absolute Gasteiger partial charge is 0.461 e. The van der Waals surface area contributed by atoms with Gasteiger partial charge in [0.15, 0.2) is 5.79 Å². The van der Waals surface area contributed by atoms with E-state index in [9.17, 15) is 13.2 Å². The summed E-state index contributed by atoms with van der Waals surface area (Å²) < 4.78 is 43.9. The molecule has 1 aromatic rings. The van der Waals surface area contributed by atoms with Gasteiger partial charge in [0.2, 0.25) is 10.0 Å². The molecule has 140 valence electrons. The summed E-state index contributed by atoms with van der Waals surface area (Å²) in [4.78, 5) is 15.0. The predicted molar refractivity (Wildman–Crippen MR) is 88.9 cm³/mol. The number of H-pyrrole nitrogens is 1. The van der Waals surface area contributed by atoms with Crippen LogP contribution < -0.4 is 0 Å². The van der Waals surface area contributed by atoms with Crippen LogP contribution in [-0.4, -0.2) is 62.4 Å². The van der Waals surface area contributed by atoms with Crippen LogP contribution in [0.25, 0.3) is 0 Å². The molecule has 0 atom stereocenters. The van der Waals surface area contributed by atoms with Crippen LogP contribution in [0.5, 0.6) is 0 Å². The van der Waals surface area contributed by atoms with Crippen molar-refractivity contribution in [1.82, 2.24) is 9.29 Å². The molecule has 9 heteroatoms. The van der Waals surface area contributed by atoms with E-state index < -0.39 is 21.8 Å². The third-order valence-corrected chi connectivity index (χ3v) is 6.92. The standard InChI is InChI=1S/C16H24N2O6S/c1-4-22-15(19)13-11(2)14(12(3)17-13)25(20,21)18-7-5-16(6-8-18)23-9-10-24-16/h17H,4-10H2,1-3H3. The monoisotopic (exact) mass is 372 g/mol. The van der Waals surface area contributed by atoms with Crippen LogP contribution in [0, 0.1) is 13.8 Å². The van der Waals surface area contributed by atoms with Gasteiger partial charge in [-0.25, -0.2) is 13.2 Å². The number of carbonyl (C=O) groups excluding carboxylic acids is 1. The van der Waals surface area contributed by atoms with Crippen LogP contribution in [0.2, 0.25) is 0 Å². The van der Waals surface area contributed by atoms with Gasteiger partial charge in [-0.3, -0.25) is 0 Å². The second kappa shape index (κ2) is 6.71. The van der Waals surface area contributed by atoms with E-state index in [0.717, 1.165) is 0 Å². The molecule has 0 saturated carbocycles. The van der Waals surface area contributed by atoms with Gasteiger partial charge in [0.25, 0.3) is 0 Å². The van der Waals surface area contributed by atoms with E-state index in [2.05, 4.69) is 4.98 Å². The minimum Gasteiger partial charge on any atom is -0.461 e. The van der Waals surface area contributed by atoms with Gasteiger partial charge in [-0.2, -0.15) is 4.31 Å². The lowest BCUT2D eigenvalue weighted by molar-refractivity contribution is -0.179. The minimum atomic E-state index is -3.71. The molecule has 1 N–H and O–H groups in total. The zero-order chi connectivity index (χ0) is 18.2. The first-order valence-electron chi connectivity index (χ1n) is 8.45. The molecule has 0 aliphatic carbocycles. The summed E-state index contributed by atoms with van der Waals surface area (Å²) in [7, 11) is -3.71. The molecule has 0 radical (unpaired) electrons. The molecule has 25 heavy (non-hydrogen) atoms. The van der Waals surface area contributed by atoms with Crippen LogP contribution in [0.3, 0.4) is 0 Å². The Morgan fingerprint density at radius 3 is 2.40 bits per heavy atom. The highest BCUT2D eigenvalue weighted by molar-refractivity contribution is 7.89. The maximum atomic E-state index is 13.1. The molecule has 2 aliphatic rings. The van der Waals surface area contributed by atoms with Crippen molar-refractivity contribution in [3.8, 4) is 0 Å². The highest BCUT2D eigenvalue weighted by Gasteiger charge is 2.43. The smallest absolute Gasteiger partial charge is 0.355 e. The number of aromatic nitrogens is 1. The van der Waals surface area contributed by atoms with E-state index in [-0.39, 0.29) is 17.2 Å². The first-order chi connectivity index (χ1) is 11.8. The van der Waals surface area contributed by atoms with Gasteiger partial charge in [-0.1, -0.05) is 0 Å². The summed E-state index contributed by atoms with van der Waals surface area (Å²) in [6.07, 6.45) is 0.999. The van der Waals surface area contributed by atoms with E-state index in [1.807, 2.05) is 0 Å². The molecule has 3 heterocycles. The fourth-order valence-corrected chi connectivity index (χ4v) is 5.36. The van der Waals surface area contributed by atoms with Crippen molar-refractivity contribution in [2.75, 3.05) is 32.9 Å². The number of sulfonamides is 1. The van der Waals surface area contributed by atoms with Crippen LogP contribution in [-0.2, 0) is 24.2 Å². The molecule has 2 saturated heterocycles. The van der Waals surface area contributed by atoms with Crippen molar-refractivity contribution in [2.45, 2.75) is 44.3 Å². The van der Waals surface area contributed by atoms with Crippen LogP contribution in [0.15, 0.2) is 4.90 Å². The number of nitrogens with zero attached hydrogens (tertiary/aromatic N) is 1. The summed E-state index contributed by atoms with van der Waals surface area (Å²) in [5.74, 6) is -1.18. The van der Waals surface area contributed by atoms with E-state index in [0.29, 0.717) is 50.4 Å². The Kier molecular flexibility index (Phi) is 4.93. The normalized spacial score (nSPS) is 20.9. The van der Waals surface area contributed by atoms with Gasteiger partial charge in [0.05, 0.1) is 19.8 Å². The number of aromatic amines is 1. The molecule has 0 aromatic carbocycles. The van der Waals surface area contributed by atoms with Crippen LogP contribution in [0.1, 0.15) is 41.5 Å². The lowest BCUT2D eigenvalue weighted by atomic mass is 10.1. The van der Waals surface area contributed by atoms with Crippen LogP contribution >= 0.6 is 0 Å². The third-order valence-electron chi connectivity index (χ3n) is 4.74. The number of piperidine rings is 1. The Morgan fingerprint density at radius 2 is 1.84 bits per heavy atom. The number of carbonyl (C=O) groups is 1. The average molecular weight is 372 g/mol. The van der Waals surface area contributed by atoms with E-state index >= 15 is 0 Å². The Morgan fingerprint density at radius 1 is 1.24 bits per heavy atom. The molecule has 1 aromatic heterocycles. The van der Waals surface area contributed by atoms with Crippen molar-refractivity contribution in [2.24, 2.45) is 0 Å². The molecule has 2 fully saturated rings. The average Bonchev–Trinajstić information content (AvgIpc) is 3.13. The molecule has 1 spiro atoms. The first-order valence-corrected chi connectivity index (χ1v) is 9.89. The molecule has 8 nitrogen and oxygen atoms in total. The zero-order valence-electron chi connectivity index (χ0n) is 14.8. The number of esters is 1. The maximum Gasteiger partial charge on any atom is 0.355 e. The number of hydrogen-bond acceptors (Lipinski definition) is 6. The molecule has 0 bridgehead atoms. The summed E-state index contributed by atoms with van der Waals surface area (Å²) in [5.41, 5.74) is 1.02. The van der Waals surface area contributed by atoms with E-state index in [4.69, 9.17) is 14.2 Å². The SMILES string of the molecule is CCOC(=O)c1[nH]c(C)c(S(=O)(=O)N2CCC3(CC2)OCCO3)c1C. The molecule has 2 aliphatic heterocycles. The van der Waals surface area contributed by atoms with Crippen LogP contribution in [0.4, 0.5) is 0 Å². The fourth-order valence-electron chi connectivity index (χ4n) is 3.51. The Bertz CT molecular complexity index is 754. The maximum absolute atomic E-state index is 13.1. The predicted octanol–water partition coefficient (Wildman–Crippen LogP) is 1.34. The Balaban J connectivity index is 1.84. The lowest BCUT2D eigenvalue weighted by Gasteiger charge is -2.36. The van der Waals surface area contributed by atoms with Crippen molar-refractivity contribution in [3.63, 3.8) is 0 Å². The Labute approximate surface area is 147 Å². The molecule has 0 amide bonds. The summed E-state index contributed by atoms with van der Waals surface area (Å²) in [6, 6.07) is 0. The van der Waals surface area contributed by atoms with Gasteiger partial charge in [-0.05, 0) is 20.8 Å². The summed E-state index contributed by atoms with van der Waals surface area (Å²) in [6.45, 7) is 6.94. The summed E-state index contributed by atoms with van der Waals surface area (Å²) >= 11 is 0. The highest BCUT2D eigenvalue weighted by Crippen LogP contribution is 2.35. The molecular formula is C16H24N2O6S. The summed E-state index contributed by atoms with van der Waals surface area (Å²) in [5, 5.41) is 0. The lowest BCUT2D eigenvalue weighted by Crippen LogP contribution is -2.47. The molecule has 3 rings (SSSR count). The number of aryl methyl sites for hydroxylation is 1. The fraction of sp³-hybridized carbons (Fsp3) is 0.688. The number of rotatable bonds is 4. The zero-order valence-corrected chi connectivity index (χ0v) is 15.6. The van der Waals surface area contributed by atoms with Gasteiger partial charge in [0, 0.05) is 37.2 Å². The Hall–Kier alpha value is -1.42. The second-order valence-corrected chi connectivity index (χ2v) is 8.19. The molecular weight excluding hydrogens is 348 g/mol. The van der Waals surface area contributed by atoms with Crippen molar-refractivity contribution in [3.05, 3.63) is 17.0 Å². The van der Waals surface area contributed by atoms with Gasteiger partial charge >= 0.3 is 5.97 Å². The third kappa shape index (κ3) is 3.21. The number of hydrogen-bond donors (Lipinski definition) is 1. The van der Waals surface area contributed by atoms with Gasteiger partial charge < -0.3 is 19.2 Å². The topological polar surface area (TPSA) is 97.9 Å². The molecule has 0 unspecified atom stereocenters. The van der Waals surface area contributed by atoms with Crippen molar-refractivity contribution >= 4 is 16.0 Å². The van der Waals surface area contributed by atoms with Crippen molar-refractivity contribution < 1.29 is 27.4 Å². The minimum absolute atomic E-state index is 0.153. The van der Waals surface area contributed by atoms with Gasteiger partial charge in [0.1, 0.15) is 10.6 Å². The highest BCUT2D eigenvalue weighted by atomic mass is 32.2. The van der Waals surface area contributed by atoms with Crippen molar-refractivity contribution in [1.29, 1.82) is 0 Å². The van der Waals surface area contributed by atoms with Gasteiger partial charge in [-0.15, -0.1) is 0 Å². The van der Waals surface area contributed by atoms with E-state index in [1.165, 1.54) is 4.31 Å². The van der Waals surface area contributed by atoms with E-state index in [1.54, 1.807) is 20.8 Å². The quantitative estimate of drug-likeness (QED) is 0.801. The number of nitrogens with one attached hydrogen (secondary N) is 1. The first kappa shape index (κ1) is 18.4. The second-order valence-electron chi connectivity index (χ2n) is 6.31.